The van der Waals surface area contributed by atoms with Gasteiger partial charge in [0.15, 0.2) is 18.1 Å². The first-order chi connectivity index (χ1) is 14.2. The Morgan fingerprint density at radius 3 is 2.10 bits per heavy atom. The third-order valence-corrected chi connectivity index (χ3v) is 4.07. The highest BCUT2D eigenvalue weighted by Crippen LogP contribution is 2.27. The van der Waals surface area contributed by atoms with Crippen LogP contribution in [0.3, 0.4) is 0 Å². The number of carbonyl (C=O) groups is 2. The van der Waals surface area contributed by atoms with Crippen LogP contribution in [0.5, 0.6) is 11.5 Å². The zero-order valence-electron chi connectivity index (χ0n) is 15.9. The van der Waals surface area contributed by atoms with Crippen molar-refractivity contribution >= 4 is 17.9 Å². The lowest BCUT2D eigenvalue weighted by molar-refractivity contribution is -0.123. The Morgan fingerprint density at radius 2 is 1.55 bits per heavy atom. The molecule has 29 heavy (non-hydrogen) atoms. The zero-order chi connectivity index (χ0) is 20.5. The number of ether oxygens (including phenoxy) is 2. The SMILES string of the molecule is COc1cc(C=O)ccc1OCC(=O)NN=C(c1ccccc1)c1ccccc1. The molecule has 0 aliphatic carbocycles. The lowest BCUT2D eigenvalue weighted by atomic mass is 10.0. The Labute approximate surface area is 168 Å². The molecule has 0 saturated carbocycles. The van der Waals surface area contributed by atoms with Crippen LogP contribution in [-0.4, -0.2) is 31.6 Å². The van der Waals surface area contributed by atoms with Crippen molar-refractivity contribution in [2.75, 3.05) is 13.7 Å². The summed E-state index contributed by atoms with van der Waals surface area (Å²) in [6, 6.07) is 23.9. The Balaban J connectivity index is 1.72. The lowest BCUT2D eigenvalue weighted by Gasteiger charge is -2.11. The molecule has 0 spiro atoms. The summed E-state index contributed by atoms with van der Waals surface area (Å²) >= 11 is 0. The van der Waals surface area contributed by atoms with Gasteiger partial charge < -0.3 is 9.47 Å². The molecule has 1 N–H and O–H groups in total. The standard InChI is InChI=1S/C23H20N2O4/c1-28-21-14-17(15-26)12-13-20(21)29-16-22(27)24-25-23(18-8-4-2-5-9-18)19-10-6-3-7-11-19/h2-15H,16H2,1H3,(H,24,27). The minimum Gasteiger partial charge on any atom is -0.493 e. The number of hydrogen-bond donors (Lipinski definition) is 1. The fourth-order valence-electron chi connectivity index (χ4n) is 2.66. The van der Waals surface area contributed by atoms with Crippen molar-refractivity contribution in [3.05, 3.63) is 95.6 Å². The third kappa shape index (κ3) is 5.29. The average Bonchev–Trinajstić information content (AvgIpc) is 2.79. The maximum atomic E-state index is 12.3. The van der Waals surface area contributed by atoms with E-state index in [2.05, 4.69) is 10.5 Å². The second kappa shape index (κ2) is 9.85. The molecule has 3 rings (SSSR count). The van der Waals surface area contributed by atoms with Gasteiger partial charge in [0.2, 0.25) is 0 Å². The molecule has 0 aliphatic heterocycles. The Bertz CT molecular complexity index is 960. The minimum absolute atomic E-state index is 0.253. The maximum absolute atomic E-state index is 12.3. The molecule has 1 amide bonds. The molecule has 0 radical (unpaired) electrons. The van der Waals surface area contributed by atoms with E-state index in [9.17, 15) is 9.59 Å². The molecule has 0 unspecified atom stereocenters. The van der Waals surface area contributed by atoms with Crippen molar-refractivity contribution in [2.45, 2.75) is 0 Å². The number of nitrogens with one attached hydrogen (secondary N) is 1. The van der Waals surface area contributed by atoms with E-state index in [1.54, 1.807) is 18.2 Å². The lowest BCUT2D eigenvalue weighted by Crippen LogP contribution is -2.26. The highest BCUT2D eigenvalue weighted by molar-refractivity contribution is 6.13. The van der Waals surface area contributed by atoms with Crippen molar-refractivity contribution in [1.82, 2.24) is 5.43 Å². The summed E-state index contributed by atoms with van der Waals surface area (Å²) < 4.78 is 10.7. The zero-order valence-corrected chi connectivity index (χ0v) is 15.9. The first-order valence-electron chi connectivity index (χ1n) is 8.94. The van der Waals surface area contributed by atoms with E-state index in [1.807, 2.05) is 60.7 Å². The normalized spacial score (nSPS) is 9.97. The van der Waals surface area contributed by atoms with Crippen LogP contribution in [0.1, 0.15) is 21.5 Å². The van der Waals surface area contributed by atoms with Gasteiger partial charge in [-0.2, -0.15) is 5.10 Å². The molecule has 0 atom stereocenters. The van der Waals surface area contributed by atoms with E-state index in [-0.39, 0.29) is 6.61 Å². The minimum atomic E-state index is -0.420. The summed E-state index contributed by atoms with van der Waals surface area (Å²) in [5, 5.41) is 4.31. The Hall–Kier alpha value is -3.93. The van der Waals surface area contributed by atoms with Crippen LogP contribution in [0.25, 0.3) is 0 Å². The molecular weight excluding hydrogens is 368 g/mol. The van der Waals surface area contributed by atoms with Gasteiger partial charge in [0, 0.05) is 16.7 Å². The topological polar surface area (TPSA) is 77.0 Å². The summed E-state index contributed by atoms with van der Waals surface area (Å²) in [5.74, 6) is 0.319. The van der Waals surface area contributed by atoms with Gasteiger partial charge in [-0.05, 0) is 18.2 Å². The van der Waals surface area contributed by atoms with Crippen molar-refractivity contribution in [1.29, 1.82) is 0 Å². The van der Waals surface area contributed by atoms with Gasteiger partial charge in [-0.1, -0.05) is 60.7 Å². The molecule has 0 fully saturated rings. The second-order valence-electron chi connectivity index (χ2n) is 6.04. The number of benzene rings is 3. The van der Waals surface area contributed by atoms with Gasteiger partial charge in [-0.15, -0.1) is 0 Å². The van der Waals surface area contributed by atoms with E-state index in [1.165, 1.54) is 7.11 Å². The van der Waals surface area contributed by atoms with Crippen LogP contribution < -0.4 is 14.9 Å². The van der Waals surface area contributed by atoms with E-state index in [0.717, 1.165) is 11.1 Å². The summed E-state index contributed by atoms with van der Waals surface area (Å²) in [7, 11) is 1.47. The van der Waals surface area contributed by atoms with Gasteiger partial charge in [0.1, 0.15) is 6.29 Å². The fraction of sp³-hybridized carbons (Fsp3) is 0.0870. The Kier molecular flexibility index (Phi) is 6.73. The number of methoxy groups -OCH3 is 1. The van der Waals surface area contributed by atoms with Crippen molar-refractivity contribution in [2.24, 2.45) is 5.10 Å². The number of carbonyl (C=O) groups excluding carboxylic acids is 2. The van der Waals surface area contributed by atoms with Crippen molar-refractivity contribution in [3.8, 4) is 11.5 Å². The van der Waals surface area contributed by atoms with Crippen LogP contribution in [0, 0.1) is 0 Å². The quantitative estimate of drug-likeness (QED) is 0.364. The van der Waals surface area contributed by atoms with E-state index >= 15 is 0 Å². The van der Waals surface area contributed by atoms with Crippen LogP contribution in [0.4, 0.5) is 0 Å². The van der Waals surface area contributed by atoms with E-state index in [0.29, 0.717) is 29.1 Å². The van der Waals surface area contributed by atoms with Crippen LogP contribution >= 0.6 is 0 Å². The van der Waals surface area contributed by atoms with E-state index < -0.39 is 5.91 Å². The number of rotatable bonds is 8. The monoisotopic (exact) mass is 388 g/mol. The van der Waals surface area contributed by atoms with Gasteiger partial charge in [0.25, 0.3) is 5.91 Å². The summed E-state index contributed by atoms with van der Waals surface area (Å²) in [6.07, 6.45) is 0.711. The number of nitrogens with zero attached hydrogens (tertiary/aromatic N) is 1. The maximum Gasteiger partial charge on any atom is 0.277 e. The number of hydrazone groups is 1. The summed E-state index contributed by atoms with van der Waals surface area (Å²) in [5.41, 5.74) is 5.40. The molecule has 0 aliphatic rings. The number of aldehydes is 1. The molecule has 3 aromatic rings. The van der Waals surface area contributed by atoms with Crippen LogP contribution in [0.15, 0.2) is 84.0 Å². The summed E-state index contributed by atoms with van der Waals surface area (Å²) in [4.78, 5) is 23.1. The Morgan fingerprint density at radius 1 is 0.931 bits per heavy atom. The first-order valence-corrected chi connectivity index (χ1v) is 8.94. The molecule has 6 nitrogen and oxygen atoms in total. The molecule has 0 heterocycles. The molecule has 146 valence electrons. The molecule has 0 aromatic heterocycles. The number of amides is 1. The molecule has 0 bridgehead atoms. The van der Waals surface area contributed by atoms with Gasteiger partial charge in [-0.25, -0.2) is 5.43 Å². The summed E-state index contributed by atoms with van der Waals surface area (Å²) in [6.45, 7) is -0.253. The van der Waals surface area contributed by atoms with Crippen LogP contribution in [-0.2, 0) is 4.79 Å². The average molecular weight is 388 g/mol. The van der Waals surface area contributed by atoms with Crippen LogP contribution in [0.2, 0.25) is 0 Å². The predicted octanol–water partition coefficient (Wildman–Crippen LogP) is 3.46. The van der Waals surface area contributed by atoms with E-state index in [4.69, 9.17) is 9.47 Å². The molecule has 0 saturated heterocycles. The molecule has 3 aromatic carbocycles. The van der Waals surface area contributed by atoms with Gasteiger partial charge >= 0.3 is 0 Å². The highest BCUT2D eigenvalue weighted by atomic mass is 16.5. The van der Waals surface area contributed by atoms with Crippen molar-refractivity contribution in [3.63, 3.8) is 0 Å². The van der Waals surface area contributed by atoms with Gasteiger partial charge in [-0.3, -0.25) is 9.59 Å². The predicted molar refractivity (Wildman–Crippen MR) is 111 cm³/mol. The van der Waals surface area contributed by atoms with Gasteiger partial charge in [0.05, 0.1) is 12.8 Å². The molecular formula is C23H20N2O4. The highest BCUT2D eigenvalue weighted by Gasteiger charge is 2.10. The second-order valence-corrected chi connectivity index (χ2v) is 6.04. The number of hydrogen-bond acceptors (Lipinski definition) is 5. The van der Waals surface area contributed by atoms with Crippen molar-refractivity contribution < 1.29 is 19.1 Å². The fourth-order valence-corrected chi connectivity index (χ4v) is 2.66. The molecule has 6 heteroatoms. The first kappa shape index (κ1) is 19.8. The third-order valence-electron chi connectivity index (χ3n) is 4.07. The smallest absolute Gasteiger partial charge is 0.277 e. The largest absolute Gasteiger partial charge is 0.493 e.